The van der Waals surface area contributed by atoms with Gasteiger partial charge in [-0.15, -0.1) is 24.9 Å². The Morgan fingerprint density at radius 3 is 2.37 bits per heavy atom. The average molecular weight is 713 g/mol. The maximum Gasteiger partial charge on any atom is 0.573 e. The number of carboxylic acid groups (broad SMARTS) is 1. The van der Waals surface area contributed by atoms with Crippen LogP contribution in [-0.4, -0.2) is 34.3 Å². The second kappa shape index (κ2) is 14.2. The Morgan fingerprint density at radius 2 is 1.71 bits per heavy atom. The quantitative estimate of drug-likeness (QED) is 0.120. The lowest BCUT2D eigenvalue weighted by Crippen LogP contribution is -2.36. The highest BCUT2D eigenvalue weighted by atomic mass is 32.2. The summed E-state index contributed by atoms with van der Waals surface area (Å²) < 4.78 is 117. The first-order chi connectivity index (χ1) is 23.1. The number of alkyl halides is 6. The molecular weight excluding hydrogens is 684 g/mol. The van der Waals surface area contributed by atoms with Crippen LogP contribution in [0.3, 0.4) is 0 Å². The first kappa shape index (κ1) is 35.9. The Morgan fingerprint density at radius 1 is 1.00 bits per heavy atom. The van der Waals surface area contributed by atoms with E-state index in [1.54, 1.807) is 30.3 Å². The predicted molar refractivity (Wildman–Crippen MR) is 166 cm³/mol. The van der Waals surface area contributed by atoms with Crippen molar-refractivity contribution in [2.75, 3.05) is 12.3 Å². The highest BCUT2D eigenvalue weighted by Crippen LogP contribution is 2.45. The zero-order valence-electron chi connectivity index (χ0n) is 25.6. The molecule has 1 aliphatic heterocycles. The second-order valence-corrected chi connectivity index (χ2v) is 12.3. The smallest absolute Gasteiger partial charge is 0.481 e. The molecule has 0 bridgehead atoms. The molecule has 260 valence electrons. The molecule has 0 aliphatic carbocycles. The topological polar surface area (TPSA) is 80.6 Å². The van der Waals surface area contributed by atoms with Gasteiger partial charge in [0.15, 0.2) is 0 Å². The number of ether oxygens (including phenoxy) is 1. The van der Waals surface area contributed by atoms with Crippen LogP contribution in [0.4, 0.5) is 35.1 Å². The molecule has 4 aromatic rings. The lowest BCUT2D eigenvalue weighted by atomic mass is 9.91. The number of aliphatic carboxylic acids is 1. The fourth-order valence-electron chi connectivity index (χ4n) is 6.00. The third kappa shape index (κ3) is 7.93. The van der Waals surface area contributed by atoms with Gasteiger partial charge in [-0.05, 0) is 66.9 Å². The molecule has 0 amide bonds. The molecule has 6 nitrogen and oxygen atoms in total. The molecule has 0 saturated heterocycles. The van der Waals surface area contributed by atoms with Crippen molar-refractivity contribution >= 4 is 17.7 Å². The van der Waals surface area contributed by atoms with E-state index in [0.717, 1.165) is 23.9 Å². The zero-order chi connectivity index (χ0) is 35.7. The van der Waals surface area contributed by atoms with Gasteiger partial charge in [0.2, 0.25) is 0 Å². The van der Waals surface area contributed by atoms with Crippen LogP contribution in [0, 0.1) is 18.6 Å². The van der Waals surface area contributed by atoms with Crippen molar-refractivity contribution in [2.24, 2.45) is 0 Å². The molecule has 0 fully saturated rings. The van der Waals surface area contributed by atoms with E-state index in [2.05, 4.69) is 10.1 Å². The van der Waals surface area contributed by atoms with E-state index >= 15 is 8.78 Å². The van der Waals surface area contributed by atoms with E-state index < -0.39 is 82.2 Å². The first-order valence-electron chi connectivity index (χ1n) is 14.9. The number of pyridine rings is 1. The lowest BCUT2D eigenvalue weighted by Gasteiger charge is -2.28. The van der Waals surface area contributed by atoms with Gasteiger partial charge in [0.1, 0.15) is 17.4 Å². The fourth-order valence-corrected chi connectivity index (χ4v) is 7.43. The van der Waals surface area contributed by atoms with Crippen molar-refractivity contribution < 1.29 is 49.8 Å². The van der Waals surface area contributed by atoms with Crippen LogP contribution >= 0.6 is 11.8 Å². The molecule has 1 aliphatic rings. The van der Waals surface area contributed by atoms with Crippen LogP contribution in [0.25, 0.3) is 11.1 Å². The summed E-state index contributed by atoms with van der Waals surface area (Å²) in [6, 6.07) is 11.8. The van der Waals surface area contributed by atoms with Gasteiger partial charge in [0.25, 0.3) is 5.56 Å². The summed E-state index contributed by atoms with van der Waals surface area (Å²) in [6.45, 7) is 1.52. The van der Waals surface area contributed by atoms with Crippen LogP contribution in [0.5, 0.6) is 5.75 Å². The van der Waals surface area contributed by atoms with Gasteiger partial charge < -0.3 is 15.2 Å². The first-order valence-corrected chi connectivity index (χ1v) is 15.9. The SMILES string of the molecule is Cc1c(Cc2c(F)cccc2C(F)(F)F)c2n(c(=O)c1-c1cc(OC(F)(F)F)ccc1F)C(C(NCCCC(=O)O)c1ccccc1)CS2. The van der Waals surface area contributed by atoms with Crippen molar-refractivity contribution in [3.8, 4) is 16.9 Å². The molecule has 15 heteroatoms. The van der Waals surface area contributed by atoms with E-state index in [4.69, 9.17) is 5.11 Å². The van der Waals surface area contributed by atoms with Gasteiger partial charge in [-0.25, -0.2) is 8.78 Å². The van der Waals surface area contributed by atoms with Crippen LogP contribution in [-0.2, 0) is 17.4 Å². The minimum atomic E-state index is -5.15. The third-order valence-corrected chi connectivity index (χ3v) is 9.38. The number of halogens is 8. The molecule has 2 heterocycles. The summed E-state index contributed by atoms with van der Waals surface area (Å²) in [6.07, 6.45) is -10.7. The largest absolute Gasteiger partial charge is 0.573 e. The van der Waals surface area contributed by atoms with Crippen molar-refractivity contribution in [1.82, 2.24) is 9.88 Å². The Labute approximate surface area is 278 Å². The van der Waals surface area contributed by atoms with Gasteiger partial charge >= 0.3 is 18.5 Å². The maximum atomic E-state index is 15.5. The minimum absolute atomic E-state index is 0.0467. The van der Waals surface area contributed by atoms with Gasteiger partial charge in [-0.1, -0.05) is 36.4 Å². The Kier molecular flexibility index (Phi) is 10.4. The number of hydrogen-bond donors (Lipinski definition) is 2. The normalized spacial score (nSPS) is 15.2. The fraction of sp³-hybridized carbons (Fsp3) is 0.294. The van der Waals surface area contributed by atoms with Crippen molar-refractivity contribution in [3.63, 3.8) is 0 Å². The average Bonchev–Trinajstić information content (AvgIpc) is 3.45. The highest BCUT2D eigenvalue weighted by molar-refractivity contribution is 7.99. The number of hydrogen-bond acceptors (Lipinski definition) is 5. The van der Waals surface area contributed by atoms with Gasteiger partial charge in [-0.2, -0.15) is 13.2 Å². The molecule has 2 unspecified atom stereocenters. The molecule has 0 spiro atoms. The van der Waals surface area contributed by atoms with Crippen LogP contribution < -0.4 is 15.6 Å². The predicted octanol–water partition coefficient (Wildman–Crippen LogP) is 8.45. The number of aromatic nitrogens is 1. The van der Waals surface area contributed by atoms with E-state index in [1.807, 2.05) is 0 Å². The van der Waals surface area contributed by atoms with E-state index in [1.165, 1.54) is 11.5 Å². The van der Waals surface area contributed by atoms with Crippen LogP contribution in [0.1, 0.15) is 52.7 Å². The summed E-state index contributed by atoms with van der Waals surface area (Å²) in [5.74, 6) is -3.96. The molecule has 49 heavy (non-hydrogen) atoms. The summed E-state index contributed by atoms with van der Waals surface area (Å²) in [5.41, 5.74) is -3.17. The molecule has 0 saturated carbocycles. The molecule has 5 rings (SSSR count). The Balaban J connectivity index is 1.75. The molecule has 1 aromatic heterocycles. The van der Waals surface area contributed by atoms with Crippen molar-refractivity contribution in [3.05, 3.63) is 117 Å². The Hall–Kier alpha value is -4.37. The van der Waals surface area contributed by atoms with Crippen LogP contribution in [0.15, 0.2) is 76.6 Å². The van der Waals surface area contributed by atoms with E-state index in [-0.39, 0.29) is 41.3 Å². The van der Waals surface area contributed by atoms with Gasteiger partial charge in [0.05, 0.1) is 28.2 Å². The summed E-state index contributed by atoms with van der Waals surface area (Å²) in [5, 5.41) is 12.6. The summed E-state index contributed by atoms with van der Waals surface area (Å²) in [7, 11) is 0. The number of nitrogens with zero attached hydrogens (tertiary/aromatic N) is 1. The van der Waals surface area contributed by atoms with Gasteiger partial charge in [0, 0.05) is 29.7 Å². The molecule has 2 N–H and O–H groups in total. The van der Waals surface area contributed by atoms with E-state index in [9.17, 15) is 35.9 Å². The number of nitrogens with one attached hydrogen (secondary N) is 1. The summed E-state index contributed by atoms with van der Waals surface area (Å²) in [4.78, 5) is 25.6. The third-order valence-electron chi connectivity index (χ3n) is 8.15. The maximum absolute atomic E-state index is 15.5. The number of rotatable bonds is 11. The number of fused-ring (bicyclic) bond motifs is 1. The van der Waals surface area contributed by atoms with Gasteiger partial charge in [-0.3, -0.25) is 14.2 Å². The Bertz CT molecular complexity index is 1910. The standard InChI is InChI=1S/C34H28F8N2O4S/c1-18-21(16-22-24(33(37,38)39)9-5-10-25(22)35)32-44(31(47)29(18)23-15-20(12-13-26(23)36)48-34(40,41)42)27(17-49-32)30(19-7-3-2-4-8-19)43-14-6-11-28(45)46/h2-5,7-10,12-13,15,27,30,43H,6,11,14,16-17H2,1H3,(H,45,46). The number of carboxylic acids is 1. The molecule has 0 radical (unpaired) electrons. The number of carbonyl (C=O) groups is 1. The summed E-state index contributed by atoms with van der Waals surface area (Å²) >= 11 is 1.11. The van der Waals surface area contributed by atoms with E-state index in [0.29, 0.717) is 29.8 Å². The molecular formula is C34H28F8N2O4S. The minimum Gasteiger partial charge on any atom is -0.481 e. The van der Waals surface area contributed by atoms with Crippen LogP contribution in [0.2, 0.25) is 0 Å². The zero-order valence-corrected chi connectivity index (χ0v) is 26.4. The monoisotopic (exact) mass is 712 g/mol. The highest BCUT2D eigenvalue weighted by Gasteiger charge is 2.39. The second-order valence-electron chi connectivity index (χ2n) is 11.3. The molecule has 3 aromatic carbocycles. The number of benzene rings is 3. The number of thioether (sulfide) groups is 1. The lowest BCUT2D eigenvalue weighted by molar-refractivity contribution is -0.274. The molecule has 2 atom stereocenters. The van der Waals surface area contributed by atoms with Crippen molar-refractivity contribution in [2.45, 2.75) is 55.8 Å². The van der Waals surface area contributed by atoms with Crippen molar-refractivity contribution in [1.29, 1.82) is 0 Å².